The van der Waals surface area contributed by atoms with Crippen molar-refractivity contribution >= 4 is 5.97 Å². The second kappa shape index (κ2) is 3.54. The molecular weight excluding hydrogens is 178 g/mol. The molecule has 2 atom stereocenters. The van der Waals surface area contributed by atoms with Gasteiger partial charge >= 0.3 is 5.97 Å². The molecule has 3 nitrogen and oxygen atoms in total. The van der Waals surface area contributed by atoms with Crippen LogP contribution in [0.4, 0.5) is 0 Å². The molecule has 0 unspecified atom stereocenters. The van der Waals surface area contributed by atoms with Crippen molar-refractivity contribution in [1.29, 1.82) is 0 Å². The van der Waals surface area contributed by atoms with Crippen LogP contribution in [0.2, 0.25) is 0 Å². The van der Waals surface area contributed by atoms with Crippen molar-refractivity contribution in [2.24, 2.45) is 17.1 Å². The number of hydrogen-bond donors (Lipinski definition) is 2. The predicted molar refractivity (Wildman–Crippen MR) is 56.0 cm³/mol. The fourth-order valence-electron chi connectivity index (χ4n) is 2.66. The van der Waals surface area contributed by atoms with Crippen LogP contribution in [0, 0.1) is 11.3 Å². The van der Waals surface area contributed by atoms with Gasteiger partial charge < -0.3 is 10.8 Å². The summed E-state index contributed by atoms with van der Waals surface area (Å²) in [5.41, 5.74) is 5.01. The average molecular weight is 199 g/mol. The highest BCUT2D eigenvalue weighted by atomic mass is 16.4. The zero-order valence-electron chi connectivity index (χ0n) is 9.34. The van der Waals surface area contributed by atoms with Gasteiger partial charge in [0.25, 0.3) is 0 Å². The van der Waals surface area contributed by atoms with Crippen molar-refractivity contribution in [3.8, 4) is 0 Å². The molecule has 0 aromatic carbocycles. The molecule has 0 saturated heterocycles. The van der Waals surface area contributed by atoms with Crippen LogP contribution in [-0.2, 0) is 4.79 Å². The summed E-state index contributed by atoms with van der Waals surface area (Å²) in [5, 5.41) is 9.21. The lowest BCUT2D eigenvalue weighted by Crippen LogP contribution is -2.59. The molecule has 82 valence electrons. The Hall–Kier alpha value is -0.570. The van der Waals surface area contributed by atoms with Crippen LogP contribution in [-0.4, -0.2) is 16.6 Å². The van der Waals surface area contributed by atoms with Gasteiger partial charge in [0.1, 0.15) is 5.54 Å². The van der Waals surface area contributed by atoms with E-state index in [0.717, 1.165) is 19.3 Å². The van der Waals surface area contributed by atoms with Gasteiger partial charge in [0.05, 0.1) is 0 Å². The van der Waals surface area contributed by atoms with Crippen LogP contribution in [0.5, 0.6) is 0 Å². The zero-order chi connectivity index (χ0) is 11.0. The molecule has 0 spiro atoms. The Balaban J connectivity index is 2.95. The van der Waals surface area contributed by atoms with Gasteiger partial charge in [-0.2, -0.15) is 0 Å². The third-order valence-corrected chi connectivity index (χ3v) is 3.40. The van der Waals surface area contributed by atoms with E-state index in [2.05, 4.69) is 20.8 Å². The van der Waals surface area contributed by atoms with E-state index in [1.807, 2.05) is 0 Å². The van der Waals surface area contributed by atoms with E-state index in [9.17, 15) is 9.90 Å². The van der Waals surface area contributed by atoms with E-state index in [4.69, 9.17) is 5.73 Å². The minimum absolute atomic E-state index is 0.0203. The van der Waals surface area contributed by atoms with Crippen molar-refractivity contribution in [3.63, 3.8) is 0 Å². The summed E-state index contributed by atoms with van der Waals surface area (Å²) in [5.74, 6) is -0.752. The molecule has 0 aromatic rings. The van der Waals surface area contributed by atoms with Crippen LogP contribution < -0.4 is 5.73 Å². The SMILES string of the molecule is CC(C)(C)[C@H]1CCCC[C@@]1(N)C(=O)O. The highest BCUT2D eigenvalue weighted by Crippen LogP contribution is 2.43. The maximum Gasteiger partial charge on any atom is 0.323 e. The van der Waals surface area contributed by atoms with Crippen molar-refractivity contribution in [3.05, 3.63) is 0 Å². The predicted octanol–water partition coefficient (Wildman–Crippen LogP) is 2.00. The lowest BCUT2D eigenvalue weighted by atomic mass is 9.62. The molecule has 1 aliphatic rings. The summed E-state index contributed by atoms with van der Waals surface area (Å²) in [4.78, 5) is 11.2. The minimum Gasteiger partial charge on any atom is -0.480 e. The van der Waals surface area contributed by atoms with Crippen LogP contribution in [0.25, 0.3) is 0 Å². The quantitative estimate of drug-likeness (QED) is 0.679. The second-order valence-electron chi connectivity index (χ2n) is 5.51. The molecule has 0 heterocycles. The van der Waals surface area contributed by atoms with E-state index in [-0.39, 0.29) is 11.3 Å². The van der Waals surface area contributed by atoms with Gasteiger partial charge in [0, 0.05) is 0 Å². The molecular formula is C11H21NO2. The Kier molecular flexibility index (Phi) is 2.91. The third kappa shape index (κ3) is 1.92. The van der Waals surface area contributed by atoms with Crippen molar-refractivity contribution in [2.75, 3.05) is 0 Å². The summed E-state index contributed by atoms with van der Waals surface area (Å²) in [7, 11) is 0. The Morgan fingerprint density at radius 3 is 2.36 bits per heavy atom. The van der Waals surface area contributed by atoms with Gasteiger partial charge in [-0.25, -0.2) is 0 Å². The van der Waals surface area contributed by atoms with Gasteiger partial charge in [-0.1, -0.05) is 33.6 Å². The smallest absolute Gasteiger partial charge is 0.323 e. The van der Waals surface area contributed by atoms with Crippen molar-refractivity contribution in [1.82, 2.24) is 0 Å². The van der Waals surface area contributed by atoms with E-state index in [0.29, 0.717) is 6.42 Å². The molecule has 0 bridgehead atoms. The molecule has 14 heavy (non-hydrogen) atoms. The highest BCUT2D eigenvalue weighted by Gasteiger charge is 2.48. The van der Waals surface area contributed by atoms with Crippen molar-refractivity contribution < 1.29 is 9.90 Å². The first-order valence-electron chi connectivity index (χ1n) is 5.31. The molecule has 1 saturated carbocycles. The van der Waals surface area contributed by atoms with Gasteiger partial charge in [-0.15, -0.1) is 0 Å². The number of nitrogens with two attached hydrogens (primary N) is 1. The summed E-state index contributed by atoms with van der Waals surface area (Å²) in [6.07, 6.45) is 3.60. The molecule has 0 aromatic heterocycles. The number of aliphatic carboxylic acids is 1. The summed E-state index contributed by atoms with van der Waals surface area (Å²) < 4.78 is 0. The normalized spacial score (nSPS) is 34.1. The molecule has 3 N–H and O–H groups in total. The van der Waals surface area contributed by atoms with E-state index in [1.165, 1.54) is 0 Å². The Morgan fingerprint density at radius 1 is 1.43 bits per heavy atom. The largest absolute Gasteiger partial charge is 0.480 e. The first-order chi connectivity index (χ1) is 6.28. The molecule has 1 aliphatic carbocycles. The number of rotatable bonds is 1. The maximum absolute atomic E-state index is 11.2. The van der Waals surface area contributed by atoms with E-state index in [1.54, 1.807) is 0 Å². The monoisotopic (exact) mass is 199 g/mol. The summed E-state index contributed by atoms with van der Waals surface area (Å²) in [6, 6.07) is 0. The molecule has 1 fully saturated rings. The molecule has 0 radical (unpaired) electrons. The Bertz CT molecular complexity index is 232. The zero-order valence-corrected chi connectivity index (χ0v) is 9.34. The average Bonchev–Trinajstić information content (AvgIpc) is 2.02. The number of carbonyl (C=O) groups is 1. The first kappa shape index (κ1) is 11.5. The molecule has 0 amide bonds. The molecule has 0 aliphatic heterocycles. The van der Waals surface area contributed by atoms with Crippen LogP contribution >= 0.6 is 0 Å². The lowest BCUT2D eigenvalue weighted by Gasteiger charge is -2.45. The fourth-order valence-corrected chi connectivity index (χ4v) is 2.66. The Morgan fingerprint density at radius 2 is 2.00 bits per heavy atom. The van der Waals surface area contributed by atoms with Gasteiger partial charge in [0.15, 0.2) is 0 Å². The summed E-state index contributed by atoms with van der Waals surface area (Å²) in [6.45, 7) is 6.23. The fraction of sp³-hybridized carbons (Fsp3) is 0.909. The third-order valence-electron chi connectivity index (χ3n) is 3.40. The lowest BCUT2D eigenvalue weighted by molar-refractivity contribution is -0.149. The number of hydrogen-bond acceptors (Lipinski definition) is 2. The van der Waals surface area contributed by atoms with Crippen LogP contribution in [0.1, 0.15) is 46.5 Å². The topological polar surface area (TPSA) is 63.3 Å². The summed E-state index contributed by atoms with van der Waals surface area (Å²) >= 11 is 0. The van der Waals surface area contributed by atoms with Crippen LogP contribution in [0.3, 0.4) is 0 Å². The second-order valence-corrected chi connectivity index (χ2v) is 5.51. The first-order valence-corrected chi connectivity index (χ1v) is 5.31. The number of carboxylic acid groups (broad SMARTS) is 1. The molecule has 3 heteroatoms. The number of carboxylic acids is 1. The van der Waals surface area contributed by atoms with E-state index < -0.39 is 11.5 Å². The van der Waals surface area contributed by atoms with Crippen molar-refractivity contribution in [2.45, 2.75) is 52.0 Å². The van der Waals surface area contributed by atoms with Gasteiger partial charge in [0.2, 0.25) is 0 Å². The van der Waals surface area contributed by atoms with E-state index >= 15 is 0 Å². The van der Waals surface area contributed by atoms with Crippen LogP contribution in [0.15, 0.2) is 0 Å². The van der Waals surface area contributed by atoms with Gasteiger partial charge in [-0.3, -0.25) is 4.79 Å². The standard InChI is InChI=1S/C11H21NO2/c1-10(2,3)8-6-4-5-7-11(8,12)9(13)14/h8H,4-7,12H2,1-3H3,(H,13,14)/t8-,11+/m1/s1. The van der Waals surface area contributed by atoms with Gasteiger partial charge in [-0.05, 0) is 24.2 Å². The highest BCUT2D eigenvalue weighted by molar-refractivity contribution is 5.79. The maximum atomic E-state index is 11.2. The molecule has 1 rings (SSSR count). The minimum atomic E-state index is -1.00. The Labute approximate surface area is 85.7 Å².